The van der Waals surface area contributed by atoms with Gasteiger partial charge in [-0.15, -0.1) is 0 Å². The molecule has 0 aliphatic heterocycles. The zero-order valence-corrected chi connectivity index (χ0v) is 97.7. The van der Waals surface area contributed by atoms with Crippen molar-refractivity contribution in [2.75, 3.05) is 91.5 Å². The van der Waals surface area contributed by atoms with Crippen molar-refractivity contribution in [3.05, 3.63) is 490 Å². The fourth-order valence-electron chi connectivity index (χ4n) is 15.7. The monoisotopic (exact) mass is 2490 g/mol. The van der Waals surface area contributed by atoms with Gasteiger partial charge in [-0.3, -0.25) is 0 Å². The topological polar surface area (TPSA) is 278 Å². The number of rotatable bonds is 46. The van der Waals surface area contributed by atoms with E-state index in [1.165, 1.54) is 33.4 Å². The second kappa shape index (κ2) is 75.8. The molecule has 0 heterocycles. The fourth-order valence-corrected chi connectivity index (χ4v) is 19.3. The van der Waals surface area contributed by atoms with Crippen LogP contribution in [-0.2, 0) is 128 Å². The first kappa shape index (κ1) is 133. The van der Waals surface area contributed by atoms with E-state index < -0.39 is 64.3 Å². The van der Waals surface area contributed by atoms with Crippen molar-refractivity contribution in [3.63, 3.8) is 0 Å². The number of hydrogen-bond donors (Lipinski definition) is 4. The van der Waals surface area contributed by atoms with Crippen molar-refractivity contribution < 1.29 is 122 Å². The standard InChI is InChI=1S/C31H35N2O3S.C30H33N2O3S.C25H31N2O3S.C24H29N2O3S.4CH3.4ClH.4Ru/c1-24-13-17-26(18-14-24)23-36-22-21-32-30(27-9-5-3-6-10-27)31(28-11-7-4-8-12-28)33-37(34,35)29-19-15-25(2)16-20-29;1-24-17-19-28(20-18-24)36(33,34)32-30(27-15-9-4-10-16-27)29(26-13-7-3-8-14-26)31-21-22-35-23-25-11-5-2-6-12-25;1-20-13-15-21(16-14-20)19-30-18-17-26-24(22-9-5-3-6-10-22)25(27-31(2,28)29)23-11-7-4-8-12-23;1-30(27,28)26-24(22-15-9-4-10-16-22)23(21-13-7-3-8-14-21)25-17-18-29-19-20-11-5-2-6-12-20;;;;;;;;;;;;/h3-13,15-17,19-20,30-32H,14,18,21-23H2,1-2H3;2-5,7-11,13-20,29-31H,6,12,21-23H2,1H3;3-13,15,24-26H,14,16-19H2,1-2H3;2-5,7-11,13-16,23-25H,6,12,17-19H2,1H3;4*1H3;4*1H;;;;/q8*-1;;;;;4*+4/p-4. The van der Waals surface area contributed by atoms with Gasteiger partial charge in [-0.1, -0.05) is 396 Å². The molecule has 32 heteroatoms. The summed E-state index contributed by atoms with van der Waals surface area (Å²) in [5.41, 5.74) is 17.2. The average Bonchev–Trinajstić information content (AvgIpc) is 0.813. The molecule has 0 radical (unpaired) electrons. The molecule has 0 saturated heterocycles. The van der Waals surface area contributed by atoms with E-state index >= 15 is 0 Å². The summed E-state index contributed by atoms with van der Waals surface area (Å²) in [5, 5.41) is 14.1. The molecule has 788 valence electrons. The van der Waals surface area contributed by atoms with Crippen LogP contribution in [0.1, 0.15) is 169 Å². The van der Waals surface area contributed by atoms with Crippen LogP contribution in [0.4, 0.5) is 0 Å². The molecule has 4 aliphatic carbocycles. The Morgan fingerprint density at radius 3 is 0.685 bits per heavy atom. The molecule has 8 atom stereocenters. The van der Waals surface area contributed by atoms with E-state index in [-0.39, 0.29) is 63.7 Å². The Labute approximate surface area is 931 Å². The third-order valence-electron chi connectivity index (χ3n) is 22.9. The number of nitrogens with zero attached hydrogens (tertiary/aromatic N) is 4. The summed E-state index contributed by atoms with van der Waals surface area (Å²) >= 11 is 7.29. The average molecular weight is 2490 g/mol. The zero-order valence-electron chi connectivity index (χ0n) is 84.5. The quantitative estimate of drug-likeness (QED) is 0.0157. The van der Waals surface area contributed by atoms with Crippen molar-refractivity contribution >= 4 is 78.9 Å². The summed E-state index contributed by atoms with van der Waals surface area (Å²) in [6, 6.07) is 87.6. The number of nitrogens with one attached hydrogen (secondary N) is 4. The Bertz CT molecular complexity index is 6000. The Balaban J connectivity index is 0.000000485. The first-order chi connectivity index (χ1) is 68.9. The molecule has 10 aromatic carbocycles. The molecule has 0 bridgehead atoms. The molecule has 0 amide bonds. The molecule has 4 aliphatic rings. The maximum absolute atomic E-state index is 13.4. The SMILES string of the molecule is CC1=CC=C(COCCNC(c2ccccc2)C([N-]S(=O)(=O)c2ccc(C)cc2)c2ccccc2)CC1.CC1=CC=C(COCCNC(c2ccccc2)C([N-]S(C)(=O)=O)c2ccccc2)CC1.CS(=O)(=O)[N-]C(c1ccccc1)C(NCCOCC1=CC=CCC1)c1ccccc1.Cc1ccc(S(=O)(=O)[N-]C(c2ccccc2)C(NCCOCC2=CC=CCC2)c2ccccc2)cc1.[CH3-].[CH3-].[CH3-].[CH3-].[Cl][Ru+3].[Cl][Ru+3].[Cl][Ru+3].[Cl][Ru+3]. The van der Waals surface area contributed by atoms with Gasteiger partial charge in [-0.25, -0.2) is 33.7 Å². The molecule has 20 nitrogen and oxygen atoms in total. The third kappa shape index (κ3) is 50.1. The summed E-state index contributed by atoms with van der Waals surface area (Å²) in [4.78, 5) is 0.387. The van der Waals surface area contributed by atoms with Gasteiger partial charge in [0.05, 0.1) is 72.9 Å². The van der Waals surface area contributed by atoms with Crippen LogP contribution < -0.4 is 21.3 Å². The molecule has 0 spiro atoms. The minimum absolute atomic E-state index is 0. The van der Waals surface area contributed by atoms with Crippen LogP contribution in [-0.4, -0.2) is 125 Å². The predicted octanol–water partition coefficient (Wildman–Crippen LogP) is 27.5. The van der Waals surface area contributed by atoms with E-state index in [0.29, 0.717) is 79.0 Å². The van der Waals surface area contributed by atoms with Crippen molar-refractivity contribution in [3.8, 4) is 0 Å². The van der Waals surface area contributed by atoms with Crippen LogP contribution >= 0.6 is 38.8 Å². The number of hydrogen-bond acceptors (Lipinski definition) is 16. The van der Waals surface area contributed by atoms with E-state index in [9.17, 15) is 33.7 Å². The van der Waals surface area contributed by atoms with Crippen LogP contribution in [0, 0.1) is 43.6 Å². The minimum atomic E-state index is -3.89. The van der Waals surface area contributed by atoms with E-state index in [2.05, 4.69) is 154 Å². The second-order valence-corrected chi connectivity index (χ2v) is 40.3. The summed E-state index contributed by atoms with van der Waals surface area (Å²) in [5.74, 6) is 0. The van der Waals surface area contributed by atoms with E-state index in [0.717, 1.165) is 120 Å². The van der Waals surface area contributed by atoms with Crippen LogP contribution in [0.25, 0.3) is 18.9 Å². The summed E-state index contributed by atoms with van der Waals surface area (Å²) in [6.45, 7) is 15.0. The van der Waals surface area contributed by atoms with Gasteiger partial charge in [0.2, 0.25) is 0 Å². The summed E-state index contributed by atoms with van der Waals surface area (Å²) < 4.78 is 143. The molecule has 4 N–H and O–H groups in total. The van der Waals surface area contributed by atoms with Crippen LogP contribution in [0.3, 0.4) is 0 Å². The molecule has 0 fully saturated rings. The molecular weight excluding hydrogens is 2350 g/mol. The van der Waals surface area contributed by atoms with Gasteiger partial charge in [0.1, 0.15) is 20.0 Å². The molecule has 8 unspecified atom stereocenters. The van der Waals surface area contributed by atoms with Crippen LogP contribution in [0.5, 0.6) is 0 Å². The Morgan fingerprint density at radius 2 is 0.486 bits per heavy atom. The third-order valence-corrected chi connectivity index (χ3v) is 26.9. The molecule has 146 heavy (non-hydrogen) atoms. The molecular formula is C114H140Cl4N8O12Ru4S4+4. The van der Waals surface area contributed by atoms with Gasteiger partial charge in [0, 0.05) is 72.6 Å². The normalized spacial score (nSPS) is 14.6. The van der Waals surface area contributed by atoms with E-state index in [4.69, 9.17) is 18.9 Å². The predicted molar refractivity (Wildman–Crippen MR) is 593 cm³/mol. The van der Waals surface area contributed by atoms with Gasteiger partial charge in [0.25, 0.3) is 0 Å². The van der Waals surface area contributed by atoms with Crippen molar-refractivity contribution in [2.45, 2.75) is 137 Å². The number of sulfonamides is 4. The number of benzene rings is 10. The Morgan fingerprint density at radius 1 is 0.274 bits per heavy atom. The van der Waals surface area contributed by atoms with Crippen molar-refractivity contribution in [1.82, 2.24) is 21.3 Å². The van der Waals surface area contributed by atoms with Gasteiger partial charge in [0.15, 0.2) is 0 Å². The van der Waals surface area contributed by atoms with Crippen LogP contribution in [0.15, 0.2) is 395 Å². The zero-order chi connectivity index (χ0) is 103. The van der Waals surface area contributed by atoms with Gasteiger partial charge in [-0.2, -0.15) is 0 Å². The van der Waals surface area contributed by atoms with Crippen molar-refractivity contribution in [2.24, 2.45) is 0 Å². The van der Waals surface area contributed by atoms with E-state index in [1.54, 1.807) is 48.5 Å². The van der Waals surface area contributed by atoms with Crippen molar-refractivity contribution in [1.29, 1.82) is 0 Å². The van der Waals surface area contributed by atoms with E-state index in [1.807, 2.05) is 326 Å². The molecule has 10 aromatic rings. The maximum atomic E-state index is 13.4. The number of halogens is 4. The number of allylic oxidation sites excluding steroid dienone is 12. The van der Waals surface area contributed by atoms with Crippen LogP contribution in [0.2, 0.25) is 0 Å². The molecule has 0 saturated carbocycles. The number of aryl methyl sites for hydroxylation is 2. The fraction of sp³-hybridized carbons (Fsp3) is 0.298. The summed E-state index contributed by atoms with van der Waals surface area (Å²) in [7, 11) is 3.42. The van der Waals surface area contributed by atoms with Gasteiger partial charge < -0.3 is 88.8 Å². The Hall–Kier alpha value is -6.91. The summed E-state index contributed by atoms with van der Waals surface area (Å²) in [6.07, 6.45) is 32.0. The molecule has 0 aromatic heterocycles. The Kier molecular flexibility index (Phi) is 69.1. The first-order valence-corrected chi connectivity index (χ1v) is 61.9. The molecule has 14 rings (SSSR count). The van der Waals surface area contributed by atoms with Gasteiger partial charge >= 0.3 is 108 Å². The number of ether oxygens (including phenoxy) is 4. The van der Waals surface area contributed by atoms with Gasteiger partial charge in [-0.05, 0) is 148 Å². The second-order valence-electron chi connectivity index (χ2n) is 33.7. The first-order valence-electron chi connectivity index (χ1n) is 46.4.